The second-order valence-electron chi connectivity index (χ2n) is 28.6. The zero-order valence-electron chi connectivity index (χ0n) is 52.3. The first-order chi connectivity index (χ1) is 41.7. The van der Waals surface area contributed by atoms with Crippen LogP contribution in [0.5, 0.6) is 11.5 Å². The van der Waals surface area contributed by atoms with Crippen molar-refractivity contribution in [2.75, 3.05) is 4.90 Å². The van der Waals surface area contributed by atoms with E-state index >= 15 is 0 Å². The molecule has 0 unspecified atom stereocenters. The summed E-state index contributed by atoms with van der Waals surface area (Å²) in [6, 6.07) is 87.2. The van der Waals surface area contributed by atoms with Crippen LogP contribution in [0.4, 0.5) is 17.1 Å². The van der Waals surface area contributed by atoms with Gasteiger partial charge in [0, 0.05) is 61.5 Å². The van der Waals surface area contributed by atoms with Crippen molar-refractivity contribution in [3.05, 3.63) is 253 Å². The molecule has 13 aromatic rings. The lowest BCUT2D eigenvalue weighted by molar-refractivity contribution is 0.487. The van der Waals surface area contributed by atoms with Crippen molar-refractivity contribution < 1.29 is 4.74 Å². The molecule has 0 bridgehead atoms. The van der Waals surface area contributed by atoms with E-state index in [2.05, 4.69) is 328 Å². The van der Waals surface area contributed by atoms with E-state index in [0.29, 0.717) is 0 Å². The van der Waals surface area contributed by atoms with Gasteiger partial charge in [0.15, 0.2) is 0 Å². The number of anilines is 3. The summed E-state index contributed by atoms with van der Waals surface area (Å²) in [5, 5.41) is 5.06. The molecule has 0 spiro atoms. The Morgan fingerprint density at radius 3 is 1.14 bits per heavy atom. The van der Waals surface area contributed by atoms with Crippen LogP contribution in [0.25, 0.3) is 88.4 Å². The van der Waals surface area contributed by atoms with E-state index in [9.17, 15) is 0 Å². The van der Waals surface area contributed by atoms with Crippen LogP contribution in [0.15, 0.2) is 231 Å². The zero-order valence-corrected chi connectivity index (χ0v) is 52.3. The minimum atomic E-state index is -0.175. The summed E-state index contributed by atoms with van der Waals surface area (Å²) >= 11 is 0. The maximum absolute atomic E-state index is 7.61. The van der Waals surface area contributed by atoms with Crippen LogP contribution in [0.3, 0.4) is 0 Å². The van der Waals surface area contributed by atoms with Crippen LogP contribution in [0, 0.1) is 0 Å². The quantitative estimate of drug-likeness (QED) is 0.155. The molecule has 2 aliphatic rings. The first kappa shape index (κ1) is 54.3. The van der Waals surface area contributed by atoms with Crippen LogP contribution >= 0.6 is 0 Å². The summed E-state index contributed by atoms with van der Waals surface area (Å²) in [6.45, 7) is 27.6. The Balaban J connectivity index is 1.03. The van der Waals surface area contributed by atoms with Gasteiger partial charge in [-0.2, -0.15) is 0 Å². The summed E-state index contributed by atoms with van der Waals surface area (Å²) in [7, 11) is 0. The van der Waals surface area contributed by atoms with E-state index in [0.717, 1.165) is 84.2 Å². The molecule has 4 nitrogen and oxygen atoms in total. The van der Waals surface area contributed by atoms with Crippen LogP contribution < -0.4 is 26.0 Å². The van der Waals surface area contributed by atoms with Gasteiger partial charge in [0.05, 0.1) is 27.8 Å². The van der Waals surface area contributed by atoms with Crippen LogP contribution in [-0.4, -0.2) is 15.8 Å². The van der Waals surface area contributed by atoms with E-state index in [1.807, 2.05) is 0 Å². The summed E-state index contributed by atoms with van der Waals surface area (Å²) in [4.78, 5) is 2.60. The van der Waals surface area contributed by atoms with Crippen LogP contribution in [-0.2, 0) is 21.7 Å². The Labute approximate surface area is 513 Å². The molecule has 0 saturated heterocycles. The summed E-state index contributed by atoms with van der Waals surface area (Å²) in [5.74, 6) is 1.72. The van der Waals surface area contributed by atoms with Gasteiger partial charge >= 0.3 is 0 Å². The van der Waals surface area contributed by atoms with E-state index < -0.39 is 0 Å². The number of para-hydroxylation sites is 1. The highest BCUT2D eigenvalue weighted by Gasteiger charge is 2.44. The van der Waals surface area contributed by atoms with E-state index in [1.54, 1.807) is 0 Å². The van der Waals surface area contributed by atoms with Gasteiger partial charge in [0.2, 0.25) is 0 Å². The third-order valence-corrected chi connectivity index (χ3v) is 18.8. The van der Waals surface area contributed by atoms with E-state index in [4.69, 9.17) is 4.74 Å². The topological polar surface area (TPSA) is 22.3 Å². The molecule has 5 heteroatoms. The van der Waals surface area contributed by atoms with E-state index in [-0.39, 0.29) is 28.4 Å². The highest BCUT2D eigenvalue weighted by Crippen LogP contribution is 2.51. The molecule has 2 aromatic heterocycles. The highest BCUT2D eigenvalue weighted by molar-refractivity contribution is 6.99. The third kappa shape index (κ3) is 8.94. The number of benzene rings is 11. The maximum atomic E-state index is 7.61. The van der Waals surface area contributed by atoms with Gasteiger partial charge in [-0.15, -0.1) is 0 Å². The minimum absolute atomic E-state index is 0.0100. The molecule has 4 heterocycles. The number of fused-ring (bicyclic) bond motifs is 10. The first-order valence-corrected chi connectivity index (χ1v) is 31.1. The van der Waals surface area contributed by atoms with Crippen molar-refractivity contribution in [3.8, 4) is 56.3 Å². The molecule has 2 aliphatic heterocycles. The van der Waals surface area contributed by atoms with Gasteiger partial charge in [0.1, 0.15) is 11.5 Å². The molecule has 0 N–H and O–H groups in total. The fraction of sp³-hybridized carbons (Fsp3) is 0.195. The van der Waals surface area contributed by atoms with Gasteiger partial charge in [-0.05, 0) is 161 Å². The lowest BCUT2D eigenvalue weighted by Crippen LogP contribution is -2.59. The van der Waals surface area contributed by atoms with Gasteiger partial charge in [-0.25, -0.2) is 0 Å². The maximum Gasteiger partial charge on any atom is 0.256 e. The predicted octanol–water partition coefficient (Wildman–Crippen LogP) is 20.5. The van der Waals surface area contributed by atoms with Crippen molar-refractivity contribution in [3.63, 3.8) is 0 Å². The minimum Gasteiger partial charge on any atom is -0.458 e. The molecule has 11 aromatic carbocycles. The molecule has 0 atom stereocenters. The Bertz CT molecular complexity index is 4720. The van der Waals surface area contributed by atoms with Crippen molar-refractivity contribution >= 4 is 83.8 Å². The monoisotopic (exact) mass is 1130 g/mol. The molecule has 87 heavy (non-hydrogen) atoms. The van der Waals surface area contributed by atoms with Gasteiger partial charge < -0.3 is 18.8 Å². The number of rotatable bonds is 6. The lowest BCUT2D eigenvalue weighted by Gasteiger charge is -2.42. The largest absolute Gasteiger partial charge is 0.458 e. The van der Waals surface area contributed by atoms with Gasteiger partial charge in [-0.3, -0.25) is 0 Å². The Morgan fingerprint density at radius 1 is 0.310 bits per heavy atom. The fourth-order valence-electron chi connectivity index (χ4n) is 14.0. The normalized spacial score (nSPS) is 13.3. The Morgan fingerprint density at radius 2 is 0.713 bits per heavy atom. The zero-order chi connectivity index (χ0) is 60.1. The van der Waals surface area contributed by atoms with Crippen molar-refractivity contribution in [2.24, 2.45) is 0 Å². The van der Waals surface area contributed by atoms with Crippen molar-refractivity contribution in [1.82, 2.24) is 9.13 Å². The van der Waals surface area contributed by atoms with Gasteiger partial charge in [-0.1, -0.05) is 229 Å². The number of hydrogen-bond acceptors (Lipinski definition) is 2. The molecule has 426 valence electrons. The van der Waals surface area contributed by atoms with Crippen molar-refractivity contribution in [2.45, 2.75) is 105 Å². The lowest BCUT2D eigenvalue weighted by atomic mass is 9.34. The molecule has 0 saturated carbocycles. The first-order valence-electron chi connectivity index (χ1n) is 31.1. The highest BCUT2D eigenvalue weighted by atomic mass is 16.5. The smallest absolute Gasteiger partial charge is 0.256 e. The third-order valence-electron chi connectivity index (χ3n) is 18.8. The fourth-order valence-corrected chi connectivity index (χ4v) is 14.0. The molecule has 0 aliphatic carbocycles. The predicted molar refractivity (Wildman–Crippen MR) is 372 cm³/mol. The average Bonchev–Trinajstić information content (AvgIpc) is 1.12. The Kier molecular flexibility index (Phi) is 12.2. The van der Waals surface area contributed by atoms with E-state index in [1.165, 1.54) is 71.3 Å². The summed E-state index contributed by atoms with van der Waals surface area (Å²) in [6.07, 6.45) is 0. The number of aromatic nitrogens is 2. The Hall–Kier alpha value is -9.32. The SMILES string of the molecule is CC(C)(C)c1ccc2c(c1)c1cc(C(C)(C)C)ccc1n2-c1ccc2c(c1)Oc1cc(-c3ccccc3)cc3c1B2c1ccc(-n2c4ccc(C(C)(C)C)cc4c4cc(C(C)(C)C)ccc42)cc1N3c1c(-c2ccccc2)cccc1-c1ccccc1. The molecule has 0 radical (unpaired) electrons. The summed E-state index contributed by atoms with van der Waals surface area (Å²) in [5.41, 5.74) is 25.7. The molecule has 0 fully saturated rings. The number of nitrogens with zero attached hydrogens (tertiary/aromatic N) is 3. The summed E-state index contributed by atoms with van der Waals surface area (Å²) < 4.78 is 12.6. The van der Waals surface area contributed by atoms with Gasteiger partial charge in [0.25, 0.3) is 6.71 Å². The van der Waals surface area contributed by atoms with Crippen LogP contribution in [0.1, 0.15) is 105 Å². The second-order valence-corrected chi connectivity index (χ2v) is 28.6. The number of ether oxygens (including phenoxy) is 1. The molecular weight excluding hydrogens is 1050 g/mol. The van der Waals surface area contributed by atoms with Crippen LogP contribution in [0.2, 0.25) is 0 Å². The van der Waals surface area contributed by atoms with Crippen molar-refractivity contribution in [1.29, 1.82) is 0 Å². The average molecular weight is 1130 g/mol. The second kappa shape index (κ2) is 19.6. The molecular formula is C82H74BN3O. The standard InChI is InChI=1S/C82H74BN3O/c1-79(2,3)55-31-39-69-63(45-55)64-46-56(80(4,5)6)32-40-70(64)84(69)59-35-37-67-73(49-59)86(78-61(52-25-18-14-19-26-52)29-22-30-62(78)53-27-20-15-21-28-53)74-43-54(51-23-16-13-17-24-51)44-76-77(74)83(67)68-38-36-60(50-75(68)87-76)85-71-41-33-57(81(7,8)9)47-65(71)66-48-58(82(10,11)12)34-42-72(66)85/h13-50H,1-12H3. The molecule has 15 rings (SSSR count). The molecule has 0 amide bonds. The number of hydrogen-bond donors (Lipinski definition) is 0.